The highest BCUT2D eigenvalue weighted by Crippen LogP contribution is 2.20. The van der Waals surface area contributed by atoms with Crippen molar-refractivity contribution in [3.8, 4) is 11.4 Å². The third kappa shape index (κ3) is 5.74. The Hall–Kier alpha value is -3.30. The summed E-state index contributed by atoms with van der Waals surface area (Å²) in [7, 11) is 0. The van der Waals surface area contributed by atoms with Crippen LogP contribution in [0.25, 0.3) is 11.4 Å². The second-order valence-corrected chi connectivity index (χ2v) is 8.32. The molecule has 1 N–H and O–H groups in total. The minimum atomic E-state index is -0.522. The number of nitrogens with one attached hydrogen (secondary N) is 1. The topological polar surface area (TPSA) is 96.2 Å². The van der Waals surface area contributed by atoms with Gasteiger partial charge in [-0.25, -0.2) is 0 Å². The monoisotopic (exact) mass is 467 g/mol. The van der Waals surface area contributed by atoms with Crippen molar-refractivity contribution in [2.24, 2.45) is 0 Å². The van der Waals surface area contributed by atoms with E-state index in [2.05, 4.69) is 25.6 Å². The molecule has 9 nitrogen and oxygen atoms in total. The summed E-state index contributed by atoms with van der Waals surface area (Å²) in [5.74, 6) is 0.354. The average molecular weight is 468 g/mol. The number of halogens is 1. The van der Waals surface area contributed by atoms with Crippen LogP contribution >= 0.6 is 11.6 Å². The molecule has 1 aliphatic heterocycles. The minimum Gasteiger partial charge on any atom is -0.338 e. The van der Waals surface area contributed by atoms with E-state index in [4.69, 9.17) is 11.6 Å². The van der Waals surface area contributed by atoms with Crippen LogP contribution in [0.4, 0.5) is 5.69 Å². The maximum absolute atomic E-state index is 13.2. The normalized spacial score (nSPS) is 15.3. The lowest BCUT2D eigenvalue weighted by atomic mass is 10.2. The summed E-state index contributed by atoms with van der Waals surface area (Å²) in [6.45, 7) is 4.58. The van der Waals surface area contributed by atoms with E-state index >= 15 is 0 Å². The largest absolute Gasteiger partial charge is 0.338 e. The van der Waals surface area contributed by atoms with Gasteiger partial charge in [0.25, 0.3) is 0 Å². The first-order valence-electron chi connectivity index (χ1n) is 10.9. The molecular weight excluding hydrogens is 442 g/mol. The van der Waals surface area contributed by atoms with Crippen LogP contribution in [0.5, 0.6) is 0 Å². The summed E-state index contributed by atoms with van der Waals surface area (Å²) in [5.41, 5.74) is 1.57. The summed E-state index contributed by atoms with van der Waals surface area (Å²) in [6.07, 6.45) is 0.551. The Bertz CT molecular complexity index is 1080. The Morgan fingerprint density at radius 3 is 2.39 bits per heavy atom. The number of carbonyl (C=O) groups is 2. The first-order chi connectivity index (χ1) is 16.0. The Balaban J connectivity index is 1.32. The first kappa shape index (κ1) is 22.9. The number of piperazine rings is 1. The summed E-state index contributed by atoms with van der Waals surface area (Å²) < 4.78 is 0. The van der Waals surface area contributed by atoms with Crippen molar-refractivity contribution in [1.29, 1.82) is 0 Å². The fourth-order valence-electron chi connectivity index (χ4n) is 3.77. The zero-order valence-electron chi connectivity index (χ0n) is 18.4. The molecule has 1 atom stereocenters. The summed E-state index contributed by atoms with van der Waals surface area (Å²) in [6, 6.07) is 16.0. The standard InChI is InChI=1S/C23H26ClN7O2/c1-2-20(31-27-22(26-28-31)17-8-10-18(24)11-9-17)23(33)30-14-12-29(13-15-30)16-21(32)25-19-6-4-3-5-7-19/h3-11,20H,2,12-16H2,1H3,(H,25,32). The van der Waals surface area contributed by atoms with Crippen LogP contribution in [-0.2, 0) is 9.59 Å². The van der Waals surface area contributed by atoms with E-state index in [1.54, 1.807) is 12.1 Å². The molecule has 0 spiro atoms. The molecule has 1 unspecified atom stereocenters. The number of tetrazole rings is 1. The molecular formula is C23H26ClN7O2. The van der Waals surface area contributed by atoms with Crippen molar-refractivity contribution < 1.29 is 9.59 Å². The molecule has 1 aromatic heterocycles. The predicted octanol–water partition coefficient (Wildman–Crippen LogP) is 2.73. The van der Waals surface area contributed by atoms with E-state index in [1.807, 2.05) is 54.3 Å². The lowest BCUT2D eigenvalue weighted by Crippen LogP contribution is -2.52. The second-order valence-electron chi connectivity index (χ2n) is 7.88. The number of hydrogen-bond donors (Lipinski definition) is 1. The zero-order chi connectivity index (χ0) is 23.2. The number of hydrogen-bond acceptors (Lipinski definition) is 6. The van der Waals surface area contributed by atoms with Gasteiger partial charge in [0.05, 0.1) is 6.54 Å². The molecule has 4 rings (SSSR count). The van der Waals surface area contributed by atoms with Gasteiger partial charge in [-0.1, -0.05) is 36.7 Å². The van der Waals surface area contributed by atoms with E-state index in [-0.39, 0.29) is 11.8 Å². The highest BCUT2D eigenvalue weighted by molar-refractivity contribution is 6.30. The van der Waals surface area contributed by atoms with Crippen LogP contribution in [0.1, 0.15) is 19.4 Å². The maximum atomic E-state index is 13.2. The quantitative estimate of drug-likeness (QED) is 0.574. The molecule has 1 aliphatic rings. The third-order valence-corrected chi connectivity index (χ3v) is 5.84. The van der Waals surface area contributed by atoms with Crippen molar-refractivity contribution >= 4 is 29.1 Å². The molecule has 10 heteroatoms. The molecule has 0 saturated carbocycles. The van der Waals surface area contributed by atoms with Crippen LogP contribution in [0.2, 0.25) is 5.02 Å². The molecule has 33 heavy (non-hydrogen) atoms. The Morgan fingerprint density at radius 1 is 1.03 bits per heavy atom. The van der Waals surface area contributed by atoms with Gasteiger partial charge in [-0.05, 0) is 48.0 Å². The Labute approximate surface area is 197 Å². The number of nitrogens with zero attached hydrogens (tertiary/aromatic N) is 6. The molecule has 2 aromatic carbocycles. The van der Waals surface area contributed by atoms with Gasteiger partial charge in [0, 0.05) is 42.5 Å². The van der Waals surface area contributed by atoms with Crippen LogP contribution < -0.4 is 5.32 Å². The lowest BCUT2D eigenvalue weighted by Gasteiger charge is -2.35. The molecule has 0 aliphatic carbocycles. The second kappa shape index (κ2) is 10.5. The van der Waals surface area contributed by atoms with Crippen LogP contribution in [0.15, 0.2) is 54.6 Å². The predicted molar refractivity (Wildman–Crippen MR) is 126 cm³/mol. The molecule has 3 aromatic rings. The maximum Gasteiger partial charge on any atom is 0.249 e. The highest BCUT2D eigenvalue weighted by Gasteiger charge is 2.30. The van der Waals surface area contributed by atoms with Crippen molar-refractivity contribution in [3.05, 3.63) is 59.6 Å². The molecule has 2 heterocycles. The van der Waals surface area contributed by atoms with Crippen molar-refractivity contribution in [1.82, 2.24) is 30.0 Å². The van der Waals surface area contributed by atoms with Gasteiger partial charge >= 0.3 is 0 Å². The third-order valence-electron chi connectivity index (χ3n) is 5.59. The number of aromatic nitrogens is 4. The van der Waals surface area contributed by atoms with Crippen molar-refractivity contribution in [3.63, 3.8) is 0 Å². The number of carbonyl (C=O) groups excluding carboxylic acids is 2. The Morgan fingerprint density at radius 2 is 1.73 bits per heavy atom. The van der Waals surface area contributed by atoms with Gasteiger partial charge < -0.3 is 10.2 Å². The molecule has 1 saturated heterocycles. The van der Waals surface area contributed by atoms with Crippen LogP contribution in [0.3, 0.4) is 0 Å². The van der Waals surface area contributed by atoms with Gasteiger partial charge in [-0.3, -0.25) is 14.5 Å². The van der Waals surface area contributed by atoms with E-state index in [0.29, 0.717) is 50.0 Å². The van der Waals surface area contributed by atoms with Gasteiger partial charge in [-0.2, -0.15) is 4.80 Å². The first-order valence-corrected chi connectivity index (χ1v) is 11.3. The number of rotatable bonds is 7. The summed E-state index contributed by atoms with van der Waals surface area (Å²) in [4.78, 5) is 30.7. The van der Waals surface area contributed by atoms with E-state index in [9.17, 15) is 9.59 Å². The SMILES string of the molecule is CCC(C(=O)N1CCN(CC(=O)Nc2ccccc2)CC1)n1nnc(-c2ccc(Cl)cc2)n1. The average Bonchev–Trinajstić information content (AvgIpc) is 3.31. The number of amides is 2. The zero-order valence-corrected chi connectivity index (χ0v) is 19.1. The van der Waals surface area contributed by atoms with Gasteiger partial charge in [-0.15, -0.1) is 10.2 Å². The van der Waals surface area contributed by atoms with E-state index in [1.165, 1.54) is 4.80 Å². The highest BCUT2D eigenvalue weighted by atomic mass is 35.5. The van der Waals surface area contributed by atoms with Gasteiger partial charge in [0.1, 0.15) is 0 Å². The van der Waals surface area contributed by atoms with Crippen molar-refractivity contribution in [2.75, 3.05) is 38.0 Å². The smallest absolute Gasteiger partial charge is 0.249 e. The number of benzene rings is 2. The molecule has 172 valence electrons. The lowest BCUT2D eigenvalue weighted by molar-refractivity contribution is -0.137. The van der Waals surface area contributed by atoms with Gasteiger partial charge in [0.15, 0.2) is 6.04 Å². The van der Waals surface area contributed by atoms with E-state index < -0.39 is 6.04 Å². The van der Waals surface area contributed by atoms with Crippen molar-refractivity contribution in [2.45, 2.75) is 19.4 Å². The minimum absolute atomic E-state index is 0.0362. The number of anilines is 1. The molecule has 2 amide bonds. The van der Waals surface area contributed by atoms with Crippen LogP contribution in [0, 0.1) is 0 Å². The van der Waals surface area contributed by atoms with Gasteiger partial charge in [0.2, 0.25) is 17.6 Å². The summed E-state index contributed by atoms with van der Waals surface area (Å²) in [5, 5.41) is 16.2. The molecule has 0 bridgehead atoms. The van der Waals surface area contributed by atoms with Crippen LogP contribution in [-0.4, -0.2) is 74.5 Å². The van der Waals surface area contributed by atoms with E-state index in [0.717, 1.165) is 11.3 Å². The Kier molecular flexibility index (Phi) is 7.31. The fraction of sp³-hybridized carbons (Fsp3) is 0.348. The molecule has 1 fully saturated rings. The fourth-order valence-corrected chi connectivity index (χ4v) is 3.90. The molecule has 0 radical (unpaired) electrons. The summed E-state index contributed by atoms with van der Waals surface area (Å²) >= 11 is 5.94. The number of para-hydroxylation sites is 1.